The first kappa shape index (κ1) is 25.0. The van der Waals surface area contributed by atoms with Crippen LogP contribution in [0.15, 0.2) is 18.2 Å². The highest BCUT2D eigenvalue weighted by molar-refractivity contribution is 5.91. The predicted octanol–water partition coefficient (Wildman–Crippen LogP) is 2.75. The molecule has 0 spiro atoms. The van der Waals surface area contributed by atoms with Crippen LogP contribution >= 0.6 is 0 Å². The summed E-state index contributed by atoms with van der Waals surface area (Å²) in [6, 6.07) is 6.35. The van der Waals surface area contributed by atoms with Crippen LogP contribution in [-0.2, 0) is 14.3 Å². The van der Waals surface area contributed by atoms with Gasteiger partial charge >= 0.3 is 6.09 Å². The number of carbonyl (C=O) groups excluding carboxylic acids is 3. The zero-order valence-electron chi connectivity index (χ0n) is 18.8. The van der Waals surface area contributed by atoms with Crippen LogP contribution < -0.4 is 10.6 Å². The van der Waals surface area contributed by atoms with Gasteiger partial charge < -0.3 is 20.3 Å². The Labute approximate surface area is 178 Å². The van der Waals surface area contributed by atoms with Crippen molar-refractivity contribution >= 4 is 17.9 Å². The maximum Gasteiger partial charge on any atom is 0.408 e. The summed E-state index contributed by atoms with van der Waals surface area (Å²) in [7, 11) is 0. The van der Waals surface area contributed by atoms with Gasteiger partial charge in [-0.3, -0.25) is 9.59 Å². The van der Waals surface area contributed by atoms with Crippen LogP contribution in [0.3, 0.4) is 0 Å². The second-order valence-corrected chi connectivity index (χ2v) is 8.46. The number of rotatable bonds is 7. The van der Waals surface area contributed by atoms with E-state index >= 15 is 0 Å². The van der Waals surface area contributed by atoms with E-state index in [1.54, 1.807) is 26.8 Å². The molecule has 1 atom stereocenters. The Morgan fingerprint density at radius 2 is 1.83 bits per heavy atom. The molecule has 8 heteroatoms. The van der Waals surface area contributed by atoms with Crippen LogP contribution in [0.1, 0.15) is 57.4 Å². The lowest BCUT2D eigenvalue weighted by molar-refractivity contribution is -0.139. The molecule has 0 aliphatic carbocycles. The lowest BCUT2D eigenvalue weighted by Gasteiger charge is -2.31. The number of benzene rings is 1. The minimum Gasteiger partial charge on any atom is -0.444 e. The van der Waals surface area contributed by atoms with E-state index in [1.807, 2.05) is 45.9 Å². The van der Waals surface area contributed by atoms with Crippen LogP contribution in [0.25, 0.3) is 0 Å². The maximum atomic E-state index is 13.0. The van der Waals surface area contributed by atoms with Gasteiger partial charge in [0.1, 0.15) is 24.7 Å². The van der Waals surface area contributed by atoms with Crippen LogP contribution in [0.5, 0.6) is 0 Å². The minimum absolute atomic E-state index is 0.148. The van der Waals surface area contributed by atoms with Gasteiger partial charge in [0, 0.05) is 6.04 Å². The number of alkyl carbamates (subject to hydrolysis) is 1. The van der Waals surface area contributed by atoms with Gasteiger partial charge in [0.05, 0.1) is 6.07 Å². The minimum atomic E-state index is -0.999. The van der Waals surface area contributed by atoms with E-state index < -0.39 is 36.1 Å². The van der Waals surface area contributed by atoms with Crippen molar-refractivity contribution in [3.63, 3.8) is 0 Å². The standard InChI is InChI=1S/C22H32N4O4/c1-14(2)25-20(28)19(17-9-8-15(3)12-16(17)4)26(11-10-23)18(27)13-24-21(29)30-22(5,6)7/h8-9,12,14,19H,11,13H2,1-7H3,(H,24,29)(H,25,28). The monoisotopic (exact) mass is 416 g/mol. The van der Waals surface area contributed by atoms with Crippen LogP contribution in [0, 0.1) is 25.2 Å². The third-order valence-corrected chi connectivity index (χ3v) is 4.06. The van der Waals surface area contributed by atoms with Gasteiger partial charge in [-0.15, -0.1) is 0 Å². The van der Waals surface area contributed by atoms with Gasteiger partial charge in [0.2, 0.25) is 11.8 Å². The highest BCUT2D eigenvalue weighted by atomic mass is 16.6. The van der Waals surface area contributed by atoms with E-state index in [0.29, 0.717) is 5.56 Å². The lowest BCUT2D eigenvalue weighted by atomic mass is 9.97. The third-order valence-electron chi connectivity index (χ3n) is 4.06. The molecule has 0 aliphatic rings. The van der Waals surface area contributed by atoms with Crippen molar-refractivity contribution in [3.05, 3.63) is 34.9 Å². The molecule has 0 aromatic heterocycles. The number of hydrogen-bond acceptors (Lipinski definition) is 5. The average molecular weight is 417 g/mol. The first-order chi connectivity index (χ1) is 13.9. The molecule has 1 aromatic rings. The van der Waals surface area contributed by atoms with Crippen LogP contribution in [-0.4, -0.2) is 47.5 Å². The Morgan fingerprint density at radius 3 is 2.33 bits per heavy atom. The second kappa shape index (κ2) is 10.6. The van der Waals surface area contributed by atoms with Crippen molar-refractivity contribution in [2.45, 2.75) is 66.2 Å². The summed E-state index contributed by atoms with van der Waals surface area (Å²) < 4.78 is 5.14. The van der Waals surface area contributed by atoms with Crippen molar-refractivity contribution < 1.29 is 19.1 Å². The van der Waals surface area contributed by atoms with Crippen molar-refractivity contribution in [2.24, 2.45) is 0 Å². The van der Waals surface area contributed by atoms with Gasteiger partial charge in [0.25, 0.3) is 0 Å². The predicted molar refractivity (Wildman–Crippen MR) is 113 cm³/mol. The summed E-state index contributed by atoms with van der Waals surface area (Å²) in [5, 5.41) is 14.5. The Kier molecular flexibility index (Phi) is 8.84. The molecule has 164 valence electrons. The molecule has 1 rings (SSSR count). The number of aryl methyl sites for hydroxylation is 2. The lowest BCUT2D eigenvalue weighted by Crippen LogP contribution is -2.49. The van der Waals surface area contributed by atoms with Crippen molar-refractivity contribution in [3.8, 4) is 6.07 Å². The summed E-state index contributed by atoms with van der Waals surface area (Å²) >= 11 is 0. The number of nitrogens with one attached hydrogen (secondary N) is 2. The maximum absolute atomic E-state index is 13.0. The molecule has 1 aromatic carbocycles. The molecule has 3 amide bonds. The summed E-state index contributed by atoms with van der Waals surface area (Å²) in [6.07, 6.45) is -0.748. The molecule has 8 nitrogen and oxygen atoms in total. The molecule has 0 heterocycles. The van der Waals surface area contributed by atoms with E-state index in [-0.39, 0.29) is 12.6 Å². The fourth-order valence-electron chi connectivity index (χ4n) is 2.91. The zero-order chi connectivity index (χ0) is 23.1. The number of hydrogen-bond donors (Lipinski definition) is 2. The summed E-state index contributed by atoms with van der Waals surface area (Å²) in [6.45, 7) is 11.9. The van der Waals surface area contributed by atoms with E-state index in [9.17, 15) is 19.6 Å². The molecule has 30 heavy (non-hydrogen) atoms. The quantitative estimate of drug-likeness (QED) is 0.664. The van der Waals surface area contributed by atoms with Crippen molar-refractivity contribution in [1.29, 1.82) is 5.26 Å². The van der Waals surface area contributed by atoms with Gasteiger partial charge in [-0.2, -0.15) is 5.26 Å². The Bertz CT molecular complexity index is 821. The average Bonchev–Trinajstić information content (AvgIpc) is 2.58. The Morgan fingerprint density at radius 1 is 1.20 bits per heavy atom. The van der Waals surface area contributed by atoms with E-state index in [0.717, 1.165) is 11.1 Å². The molecule has 0 aliphatic heterocycles. The van der Waals surface area contributed by atoms with E-state index in [1.165, 1.54) is 4.90 Å². The molecular weight excluding hydrogens is 384 g/mol. The molecule has 1 unspecified atom stereocenters. The number of carbonyl (C=O) groups is 3. The SMILES string of the molecule is Cc1ccc(C(C(=O)NC(C)C)N(CC#N)C(=O)CNC(=O)OC(C)(C)C)c(C)c1. The van der Waals surface area contributed by atoms with Gasteiger partial charge in [-0.1, -0.05) is 23.8 Å². The molecule has 0 bridgehead atoms. The summed E-state index contributed by atoms with van der Waals surface area (Å²) in [5.74, 6) is -0.955. The molecule has 2 N–H and O–H groups in total. The topological polar surface area (TPSA) is 112 Å². The highest BCUT2D eigenvalue weighted by Crippen LogP contribution is 2.25. The fourth-order valence-corrected chi connectivity index (χ4v) is 2.91. The summed E-state index contributed by atoms with van der Waals surface area (Å²) in [5.41, 5.74) is 1.76. The van der Waals surface area contributed by atoms with E-state index in [2.05, 4.69) is 10.6 Å². The van der Waals surface area contributed by atoms with Gasteiger partial charge in [0.15, 0.2) is 0 Å². The third kappa shape index (κ3) is 7.74. The number of amides is 3. The van der Waals surface area contributed by atoms with Gasteiger partial charge in [-0.05, 0) is 59.6 Å². The van der Waals surface area contributed by atoms with Crippen molar-refractivity contribution in [1.82, 2.24) is 15.5 Å². The Balaban J connectivity index is 3.20. The molecule has 0 saturated carbocycles. The second-order valence-electron chi connectivity index (χ2n) is 8.46. The van der Waals surface area contributed by atoms with Crippen molar-refractivity contribution in [2.75, 3.05) is 13.1 Å². The smallest absolute Gasteiger partial charge is 0.408 e. The Hall–Kier alpha value is -3.08. The molecular formula is C22H32N4O4. The normalized spacial score (nSPS) is 12.0. The largest absolute Gasteiger partial charge is 0.444 e. The zero-order valence-corrected chi connectivity index (χ0v) is 18.8. The molecule has 0 saturated heterocycles. The molecule has 0 radical (unpaired) electrons. The number of nitriles is 1. The van der Waals surface area contributed by atoms with Crippen LogP contribution in [0.4, 0.5) is 4.79 Å². The summed E-state index contributed by atoms with van der Waals surface area (Å²) in [4.78, 5) is 39.0. The van der Waals surface area contributed by atoms with Crippen LogP contribution in [0.2, 0.25) is 0 Å². The number of nitrogens with zero attached hydrogens (tertiary/aromatic N) is 2. The van der Waals surface area contributed by atoms with Gasteiger partial charge in [-0.25, -0.2) is 4.79 Å². The number of ether oxygens (including phenoxy) is 1. The first-order valence-corrected chi connectivity index (χ1v) is 9.86. The van der Waals surface area contributed by atoms with E-state index in [4.69, 9.17) is 4.74 Å². The fraction of sp³-hybridized carbons (Fsp3) is 0.545. The molecule has 0 fully saturated rings. The first-order valence-electron chi connectivity index (χ1n) is 9.86. The highest BCUT2D eigenvalue weighted by Gasteiger charge is 2.33.